The van der Waals surface area contributed by atoms with E-state index in [9.17, 15) is 0 Å². The molecule has 1 aromatic heterocycles. The number of nitrogens with one attached hydrogen (secondary N) is 1. The van der Waals surface area contributed by atoms with Gasteiger partial charge in [0.25, 0.3) is 0 Å². The van der Waals surface area contributed by atoms with Crippen molar-refractivity contribution in [3.05, 3.63) is 40.7 Å². The maximum atomic E-state index is 6.28. The lowest BCUT2D eigenvalue weighted by Gasteiger charge is -2.11. The Hall–Kier alpha value is -1.68. The highest BCUT2D eigenvalue weighted by molar-refractivity contribution is 6.31. The van der Waals surface area contributed by atoms with Gasteiger partial charge in [0.1, 0.15) is 5.75 Å². The number of ether oxygens (including phenoxy) is 1. The standard InChI is InChI=1S/C14H18ClN3O/c1-4-18-12(14(15)10(2)17-18)9-16-11-7-5-6-8-13(11)19-3/h5-8,16H,4,9H2,1-3H3. The first-order chi connectivity index (χ1) is 9.17. The number of anilines is 1. The maximum Gasteiger partial charge on any atom is 0.141 e. The minimum absolute atomic E-state index is 0.619. The summed E-state index contributed by atoms with van der Waals surface area (Å²) in [6, 6.07) is 7.81. The Morgan fingerprint density at radius 1 is 1.37 bits per heavy atom. The van der Waals surface area contributed by atoms with E-state index in [0.29, 0.717) is 6.54 Å². The highest BCUT2D eigenvalue weighted by Gasteiger charge is 2.12. The predicted molar refractivity (Wildman–Crippen MR) is 78.0 cm³/mol. The van der Waals surface area contributed by atoms with Crippen LogP contribution in [-0.2, 0) is 13.1 Å². The fourth-order valence-electron chi connectivity index (χ4n) is 2.01. The van der Waals surface area contributed by atoms with Crippen molar-refractivity contribution in [1.82, 2.24) is 9.78 Å². The first kappa shape index (κ1) is 13.7. The Morgan fingerprint density at radius 3 is 2.79 bits per heavy atom. The minimum atomic E-state index is 0.619. The molecule has 1 N–H and O–H groups in total. The van der Waals surface area contributed by atoms with E-state index in [1.165, 1.54) is 0 Å². The molecule has 0 aliphatic carbocycles. The number of hydrogen-bond acceptors (Lipinski definition) is 3. The van der Waals surface area contributed by atoms with Crippen molar-refractivity contribution < 1.29 is 4.74 Å². The van der Waals surface area contributed by atoms with Crippen LogP contribution in [-0.4, -0.2) is 16.9 Å². The van der Waals surface area contributed by atoms with Crippen LogP contribution in [0.3, 0.4) is 0 Å². The summed E-state index contributed by atoms with van der Waals surface area (Å²) in [4.78, 5) is 0. The highest BCUT2D eigenvalue weighted by Crippen LogP contribution is 2.26. The molecule has 0 radical (unpaired) electrons. The van der Waals surface area contributed by atoms with Gasteiger partial charge in [-0.1, -0.05) is 23.7 Å². The van der Waals surface area contributed by atoms with Crippen LogP contribution in [0.5, 0.6) is 5.75 Å². The van der Waals surface area contributed by atoms with Gasteiger partial charge in [-0.05, 0) is 26.0 Å². The fraction of sp³-hybridized carbons (Fsp3) is 0.357. The van der Waals surface area contributed by atoms with Gasteiger partial charge in [-0.15, -0.1) is 0 Å². The van der Waals surface area contributed by atoms with E-state index in [-0.39, 0.29) is 0 Å². The molecule has 1 aromatic carbocycles. The molecule has 2 rings (SSSR count). The Bertz CT molecular complexity index is 566. The third kappa shape index (κ3) is 2.84. The Labute approximate surface area is 118 Å². The first-order valence-electron chi connectivity index (χ1n) is 6.26. The van der Waals surface area contributed by atoms with Gasteiger partial charge in [0.2, 0.25) is 0 Å². The quantitative estimate of drug-likeness (QED) is 0.911. The zero-order valence-electron chi connectivity index (χ0n) is 11.4. The Balaban J connectivity index is 2.19. The van der Waals surface area contributed by atoms with E-state index in [2.05, 4.69) is 17.3 Å². The zero-order valence-corrected chi connectivity index (χ0v) is 12.2. The van der Waals surface area contributed by atoms with E-state index in [1.807, 2.05) is 35.9 Å². The molecular weight excluding hydrogens is 262 g/mol. The SMILES string of the molecule is CCn1nc(C)c(Cl)c1CNc1ccccc1OC. The summed E-state index contributed by atoms with van der Waals surface area (Å²) >= 11 is 6.28. The smallest absolute Gasteiger partial charge is 0.141 e. The van der Waals surface area contributed by atoms with Gasteiger partial charge in [0.05, 0.1) is 35.8 Å². The third-order valence-electron chi connectivity index (χ3n) is 3.01. The summed E-state index contributed by atoms with van der Waals surface area (Å²) in [5.41, 5.74) is 2.80. The molecule has 5 heteroatoms. The lowest BCUT2D eigenvalue weighted by molar-refractivity contribution is 0.416. The van der Waals surface area contributed by atoms with Crippen LogP contribution in [0.4, 0.5) is 5.69 Å². The molecule has 0 spiro atoms. The van der Waals surface area contributed by atoms with Gasteiger partial charge in [-0.25, -0.2) is 0 Å². The number of benzene rings is 1. The molecular formula is C14H18ClN3O. The van der Waals surface area contributed by atoms with Crippen molar-refractivity contribution in [3.8, 4) is 5.75 Å². The van der Waals surface area contributed by atoms with Gasteiger partial charge in [0, 0.05) is 6.54 Å². The van der Waals surface area contributed by atoms with E-state index in [1.54, 1.807) is 7.11 Å². The monoisotopic (exact) mass is 279 g/mol. The molecule has 0 aliphatic rings. The molecule has 2 aromatic rings. The number of nitrogens with zero attached hydrogens (tertiary/aromatic N) is 2. The van der Waals surface area contributed by atoms with E-state index < -0.39 is 0 Å². The molecule has 0 amide bonds. The van der Waals surface area contributed by atoms with Crippen molar-refractivity contribution in [3.63, 3.8) is 0 Å². The van der Waals surface area contributed by atoms with Crippen molar-refractivity contribution >= 4 is 17.3 Å². The molecule has 0 saturated heterocycles. The second kappa shape index (κ2) is 5.97. The summed E-state index contributed by atoms with van der Waals surface area (Å²) in [6.45, 7) is 5.39. The normalized spacial score (nSPS) is 10.5. The second-order valence-corrected chi connectivity index (χ2v) is 4.59. The first-order valence-corrected chi connectivity index (χ1v) is 6.63. The summed E-state index contributed by atoms with van der Waals surface area (Å²) in [5, 5.41) is 8.46. The number of halogens is 1. The minimum Gasteiger partial charge on any atom is -0.495 e. The molecule has 102 valence electrons. The molecule has 1 heterocycles. The molecule has 19 heavy (non-hydrogen) atoms. The van der Waals surface area contributed by atoms with E-state index in [0.717, 1.165) is 34.4 Å². The molecule has 0 unspecified atom stereocenters. The van der Waals surface area contributed by atoms with Crippen LogP contribution < -0.4 is 10.1 Å². The molecule has 0 bridgehead atoms. The van der Waals surface area contributed by atoms with Gasteiger partial charge in [-0.3, -0.25) is 4.68 Å². The van der Waals surface area contributed by atoms with E-state index >= 15 is 0 Å². The number of rotatable bonds is 5. The Morgan fingerprint density at radius 2 is 2.11 bits per heavy atom. The van der Waals surface area contributed by atoms with Crippen LogP contribution in [0.1, 0.15) is 18.3 Å². The van der Waals surface area contributed by atoms with Gasteiger partial charge >= 0.3 is 0 Å². The summed E-state index contributed by atoms with van der Waals surface area (Å²) in [7, 11) is 1.66. The molecule has 4 nitrogen and oxygen atoms in total. The molecule has 0 saturated carbocycles. The number of para-hydroxylation sites is 2. The largest absolute Gasteiger partial charge is 0.495 e. The van der Waals surface area contributed by atoms with E-state index in [4.69, 9.17) is 16.3 Å². The second-order valence-electron chi connectivity index (χ2n) is 4.22. The van der Waals surface area contributed by atoms with Gasteiger partial charge in [-0.2, -0.15) is 5.10 Å². The molecule has 0 fully saturated rings. The van der Waals surface area contributed by atoms with Gasteiger partial charge in [0.15, 0.2) is 0 Å². The van der Waals surface area contributed by atoms with Crippen molar-refractivity contribution in [2.24, 2.45) is 0 Å². The summed E-state index contributed by atoms with van der Waals surface area (Å²) in [5.74, 6) is 0.818. The summed E-state index contributed by atoms with van der Waals surface area (Å²) in [6.07, 6.45) is 0. The number of aromatic nitrogens is 2. The van der Waals surface area contributed by atoms with Crippen LogP contribution in [0.2, 0.25) is 5.02 Å². The van der Waals surface area contributed by atoms with Crippen molar-refractivity contribution in [2.45, 2.75) is 26.9 Å². The third-order valence-corrected chi connectivity index (χ3v) is 3.50. The maximum absolute atomic E-state index is 6.28. The van der Waals surface area contributed by atoms with Crippen LogP contribution in [0.15, 0.2) is 24.3 Å². The predicted octanol–water partition coefficient (Wildman–Crippen LogP) is 3.49. The fourth-order valence-corrected chi connectivity index (χ4v) is 2.21. The topological polar surface area (TPSA) is 39.1 Å². The average molecular weight is 280 g/mol. The van der Waals surface area contributed by atoms with Gasteiger partial charge < -0.3 is 10.1 Å². The number of aryl methyl sites for hydroxylation is 2. The lowest BCUT2D eigenvalue weighted by Crippen LogP contribution is -2.08. The van der Waals surface area contributed by atoms with Crippen LogP contribution >= 0.6 is 11.6 Å². The van der Waals surface area contributed by atoms with Crippen LogP contribution in [0, 0.1) is 6.92 Å². The van der Waals surface area contributed by atoms with Crippen LogP contribution in [0.25, 0.3) is 0 Å². The average Bonchev–Trinajstić information content (AvgIpc) is 2.72. The number of hydrogen-bond donors (Lipinski definition) is 1. The zero-order chi connectivity index (χ0) is 13.8. The van der Waals surface area contributed by atoms with Crippen molar-refractivity contribution in [1.29, 1.82) is 0 Å². The highest BCUT2D eigenvalue weighted by atomic mass is 35.5. The molecule has 0 aliphatic heterocycles. The van der Waals surface area contributed by atoms with Crippen molar-refractivity contribution in [2.75, 3.05) is 12.4 Å². The Kier molecular flexibility index (Phi) is 4.32. The summed E-state index contributed by atoms with van der Waals surface area (Å²) < 4.78 is 7.22. The number of methoxy groups -OCH3 is 1. The molecule has 0 atom stereocenters. The lowest BCUT2D eigenvalue weighted by atomic mass is 10.2.